The molecule has 21 heavy (non-hydrogen) atoms. The first kappa shape index (κ1) is 15.7. The molecule has 1 fully saturated rings. The summed E-state index contributed by atoms with van der Waals surface area (Å²) in [5.74, 6) is 1.63. The summed E-state index contributed by atoms with van der Waals surface area (Å²) < 4.78 is 1.21. The Morgan fingerprint density at radius 1 is 1.33 bits per heavy atom. The monoisotopic (exact) mass is 415 g/mol. The third-order valence-electron chi connectivity index (χ3n) is 4.93. The lowest BCUT2D eigenvalue weighted by atomic mass is 9.75. The number of aldehydes is 1. The number of carbonyl (C=O) groups is 1. The lowest BCUT2D eigenvalue weighted by Gasteiger charge is -2.32. The average molecular weight is 415 g/mol. The van der Waals surface area contributed by atoms with E-state index in [-0.39, 0.29) is 0 Å². The van der Waals surface area contributed by atoms with Gasteiger partial charge in [-0.25, -0.2) is 0 Å². The summed E-state index contributed by atoms with van der Waals surface area (Å²) in [6, 6.07) is 2.20. The first-order valence-electron chi connectivity index (χ1n) is 7.86. The van der Waals surface area contributed by atoms with E-state index >= 15 is 0 Å². The van der Waals surface area contributed by atoms with Crippen molar-refractivity contribution in [3.05, 3.63) is 25.0 Å². The average Bonchev–Trinajstić information content (AvgIpc) is 2.89. The van der Waals surface area contributed by atoms with Gasteiger partial charge in [0.2, 0.25) is 0 Å². The molecule has 2 aliphatic rings. The fourth-order valence-electron chi connectivity index (χ4n) is 3.73. The van der Waals surface area contributed by atoms with Crippen molar-refractivity contribution in [1.29, 1.82) is 0 Å². The molecule has 0 unspecified atom stereocenters. The second-order valence-corrected chi connectivity index (χ2v) is 9.31. The van der Waals surface area contributed by atoms with Crippen LogP contribution in [0.1, 0.15) is 54.3 Å². The zero-order valence-electron chi connectivity index (χ0n) is 12.5. The Hall–Kier alpha value is -0.200. The molecule has 2 heterocycles. The molecule has 1 N–H and O–H groups in total. The zero-order chi connectivity index (χ0) is 14.8. The normalized spacial score (nSPS) is 27.0. The smallest absolute Gasteiger partial charge is 0.160 e. The van der Waals surface area contributed by atoms with Crippen LogP contribution >= 0.6 is 33.9 Å². The largest absolute Gasteiger partial charge is 0.312 e. The van der Waals surface area contributed by atoms with Gasteiger partial charge in [-0.15, -0.1) is 11.3 Å². The molecule has 1 aromatic rings. The fourth-order valence-corrected chi connectivity index (χ4v) is 5.48. The summed E-state index contributed by atoms with van der Waals surface area (Å²) in [6.07, 6.45) is 7.56. The van der Waals surface area contributed by atoms with Crippen LogP contribution in [0.25, 0.3) is 5.57 Å². The lowest BCUT2D eigenvalue weighted by molar-refractivity contribution is 0.112. The fraction of sp³-hybridized carbons (Fsp3) is 0.588. The number of rotatable bonds is 3. The molecule has 114 valence electrons. The van der Waals surface area contributed by atoms with Crippen LogP contribution in [0.4, 0.5) is 0 Å². The van der Waals surface area contributed by atoms with Crippen molar-refractivity contribution in [3.8, 4) is 0 Å². The first-order valence-corrected chi connectivity index (χ1v) is 9.76. The standard InChI is InChI=1S/C17H22INOS/c1-11-2-4-12(5-3-11)13-6-7-19-9-15(13)14-8-17(18)21-16(14)10-20/h8,10-12,19H,2-7,9H2,1H3. The van der Waals surface area contributed by atoms with Gasteiger partial charge in [-0.05, 0) is 71.9 Å². The van der Waals surface area contributed by atoms with Crippen molar-refractivity contribution in [2.24, 2.45) is 11.8 Å². The van der Waals surface area contributed by atoms with Crippen LogP contribution < -0.4 is 5.32 Å². The quantitative estimate of drug-likeness (QED) is 0.571. The Kier molecular flexibility index (Phi) is 5.17. The Morgan fingerprint density at radius 2 is 2.10 bits per heavy atom. The Balaban J connectivity index is 1.96. The predicted molar refractivity (Wildman–Crippen MR) is 98.0 cm³/mol. The van der Waals surface area contributed by atoms with E-state index in [0.29, 0.717) is 0 Å². The summed E-state index contributed by atoms with van der Waals surface area (Å²) in [4.78, 5) is 12.3. The predicted octanol–water partition coefficient (Wildman–Crippen LogP) is 4.74. The minimum absolute atomic E-state index is 0.746. The minimum atomic E-state index is 0.746. The topological polar surface area (TPSA) is 29.1 Å². The van der Waals surface area contributed by atoms with E-state index in [0.717, 1.165) is 42.5 Å². The van der Waals surface area contributed by atoms with E-state index in [1.807, 2.05) is 0 Å². The second-order valence-electron chi connectivity index (χ2n) is 6.33. The summed E-state index contributed by atoms with van der Waals surface area (Å²) in [7, 11) is 0. The molecule has 0 atom stereocenters. The summed E-state index contributed by atoms with van der Waals surface area (Å²) in [5, 5.41) is 3.50. The van der Waals surface area contributed by atoms with Crippen LogP contribution in [0.3, 0.4) is 0 Å². The number of thiophene rings is 1. The minimum Gasteiger partial charge on any atom is -0.312 e. The maximum Gasteiger partial charge on any atom is 0.160 e. The number of halogens is 1. The van der Waals surface area contributed by atoms with Gasteiger partial charge in [-0.2, -0.15) is 0 Å². The van der Waals surface area contributed by atoms with Gasteiger partial charge in [0.1, 0.15) is 0 Å². The molecular formula is C17H22INOS. The summed E-state index contributed by atoms with van der Waals surface area (Å²) in [5.41, 5.74) is 4.25. The Labute approximate surface area is 144 Å². The molecule has 1 saturated carbocycles. The third-order valence-corrected chi connectivity index (χ3v) is 6.75. The number of carbonyl (C=O) groups excluding carboxylic acids is 1. The van der Waals surface area contributed by atoms with Crippen molar-refractivity contribution in [1.82, 2.24) is 5.32 Å². The van der Waals surface area contributed by atoms with Gasteiger partial charge in [0.25, 0.3) is 0 Å². The van der Waals surface area contributed by atoms with Crippen LogP contribution in [0.2, 0.25) is 0 Å². The van der Waals surface area contributed by atoms with Crippen LogP contribution in [-0.2, 0) is 0 Å². The number of hydrogen-bond acceptors (Lipinski definition) is 3. The molecule has 0 aromatic carbocycles. The molecule has 3 rings (SSSR count). The number of nitrogens with one attached hydrogen (secondary N) is 1. The van der Waals surface area contributed by atoms with Gasteiger partial charge in [0.15, 0.2) is 6.29 Å². The van der Waals surface area contributed by atoms with E-state index in [4.69, 9.17) is 0 Å². The Bertz CT molecular complexity index is 555. The van der Waals surface area contributed by atoms with Crippen molar-refractivity contribution in [2.75, 3.05) is 13.1 Å². The van der Waals surface area contributed by atoms with Crippen LogP contribution in [-0.4, -0.2) is 19.4 Å². The summed E-state index contributed by atoms with van der Waals surface area (Å²) in [6.45, 7) is 4.39. The Morgan fingerprint density at radius 3 is 2.81 bits per heavy atom. The van der Waals surface area contributed by atoms with Crippen LogP contribution in [0.15, 0.2) is 11.6 Å². The molecular weight excluding hydrogens is 393 g/mol. The molecule has 4 heteroatoms. The maximum absolute atomic E-state index is 11.4. The SMILES string of the molecule is CC1CCC(C2=C(c3cc(I)sc3C=O)CNCC2)CC1. The van der Waals surface area contributed by atoms with Crippen molar-refractivity contribution in [2.45, 2.75) is 39.0 Å². The van der Waals surface area contributed by atoms with Crippen molar-refractivity contribution < 1.29 is 4.79 Å². The van der Waals surface area contributed by atoms with Gasteiger partial charge < -0.3 is 5.32 Å². The molecule has 1 aliphatic carbocycles. The molecule has 1 aromatic heterocycles. The second kappa shape index (κ2) is 6.92. The van der Waals surface area contributed by atoms with Gasteiger partial charge in [0, 0.05) is 12.1 Å². The molecule has 0 bridgehead atoms. The highest BCUT2D eigenvalue weighted by atomic mass is 127. The zero-order valence-corrected chi connectivity index (χ0v) is 15.4. The van der Waals surface area contributed by atoms with Crippen molar-refractivity contribution in [3.63, 3.8) is 0 Å². The molecule has 1 aliphatic heterocycles. The van der Waals surface area contributed by atoms with Crippen LogP contribution in [0.5, 0.6) is 0 Å². The molecule has 2 nitrogen and oxygen atoms in total. The first-order chi connectivity index (χ1) is 10.2. The van der Waals surface area contributed by atoms with Crippen LogP contribution in [0, 0.1) is 14.7 Å². The number of hydrogen-bond donors (Lipinski definition) is 1. The maximum atomic E-state index is 11.4. The van der Waals surface area contributed by atoms with Gasteiger partial charge in [-0.1, -0.05) is 25.3 Å². The highest BCUT2D eigenvalue weighted by molar-refractivity contribution is 14.1. The van der Waals surface area contributed by atoms with E-state index in [2.05, 4.69) is 40.9 Å². The summed E-state index contributed by atoms with van der Waals surface area (Å²) >= 11 is 3.94. The lowest BCUT2D eigenvalue weighted by Crippen LogP contribution is -2.28. The van der Waals surface area contributed by atoms with E-state index < -0.39 is 0 Å². The molecule has 0 radical (unpaired) electrons. The molecule has 0 spiro atoms. The molecule has 0 amide bonds. The van der Waals surface area contributed by atoms with Gasteiger partial charge >= 0.3 is 0 Å². The third kappa shape index (κ3) is 3.42. The van der Waals surface area contributed by atoms with E-state index in [9.17, 15) is 4.79 Å². The van der Waals surface area contributed by atoms with E-state index in [1.165, 1.54) is 39.7 Å². The van der Waals surface area contributed by atoms with E-state index in [1.54, 1.807) is 16.9 Å². The van der Waals surface area contributed by atoms with Crippen molar-refractivity contribution >= 4 is 45.8 Å². The van der Waals surface area contributed by atoms with Gasteiger partial charge in [0.05, 0.1) is 7.76 Å². The van der Waals surface area contributed by atoms with Gasteiger partial charge in [-0.3, -0.25) is 4.79 Å². The molecule has 0 saturated heterocycles. The highest BCUT2D eigenvalue weighted by Gasteiger charge is 2.27. The highest BCUT2D eigenvalue weighted by Crippen LogP contribution is 2.40.